The standard InChI is InChI=1S/C18H13ClF4N2OS/c19-14-6-5-12(18(21,22)23)10-15(14)25(17-24-7-2-8-27-17)16(26)11-3-1-4-13(20)9-11/h1,3-6,9-10H,2,7-8H2. The minimum Gasteiger partial charge on any atom is -0.268 e. The van der Waals surface area contributed by atoms with Gasteiger partial charge < -0.3 is 0 Å². The zero-order valence-corrected chi connectivity index (χ0v) is 15.3. The Morgan fingerprint density at radius 3 is 2.59 bits per heavy atom. The van der Waals surface area contributed by atoms with Crippen LogP contribution in [0.1, 0.15) is 22.3 Å². The van der Waals surface area contributed by atoms with E-state index >= 15 is 0 Å². The van der Waals surface area contributed by atoms with Crippen molar-refractivity contribution in [2.75, 3.05) is 17.2 Å². The fraction of sp³-hybridized carbons (Fsp3) is 0.222. The molecule has 0 aliphatic carbocycles. The van der Waals surface area contributed by atoms with Gasteiger partial charge >= 0.3 is 6.18 Å². The molecule has 3 nitrogen and oxygen atoms in total. The number of nitrogens with zero attached hydrogens (tertiary/aromatic N) is 2. The summed E-state index contributed by atoms with van der Waals surface area (Å²) in [5.74, 6) is -0.680. The van der Waals surface area contributed by atoms with Crippen molar-refractivity contribution in [3.63, 3.8) is 0 Å². The molecule has 0 bridgehead atoms. The third-order valence-corrected chi connectivity index (χ3v) is 5.14. The van der Waals surface area contributed by atoms with Gasteiger partial charge in [-0.15, -0.1) is 0 Å². The highest BCUT2D eigenvalue weighted by atomic mass is 35.5. The predicted octanol–water partition coefficient (Wildman–Crippen LogP) is 5.64. The number of amidine groups is 1. The first-order valence-electron chi connectivity index (χ1n) is 7.91. The number of alkyl halides is 3. The lowest BCUT2D eigenvalue weighted by atomic mass is 10.1. The van der Waals surface area contributed by atoms with Crippen molar-refractivity contribution in [1.82, 2.24) is 0 Å². The number of hydrogen-bond acceptors (Lipinski definition) is 3. The van der Waals surface area contributed by atoms with Crippen molar-refractivity contribution in [1.29, 1.82) is 0 Å². The molecule has 0 fully saturated rings. The molecule has 0 atom stereocenters. The first kappa shape index (κ1) is 19.7. The average molecular weight is 417 g/mol. The maximum atomic E-state index is 13.6. The van der Waals surface area contributed by atoms with Gasteiger partial charge in [-0.25, -0.2) is 4.39 Å². The van der Waals surface area contributed by atoms with Crippen molar-refractivity contribution >= 4 is 40.1 Å². The van der Waals surface area contributed by atoms with Crippen LogP contribution in [0.3, 0.4) is 0 Å². The van der Waals surface area contributed by atoms with Crippen LogP contribution in [-0.2, 0) is 6.18 Å². The number of carbonyl (C=O) groups excluding carboxylic acids is 1. The van der Waals surface area contributed by atoms with Crippen LogP contribution in [0, 0.1) is 5.82 Å². The average Bonchev–Trinajstić information content (AvgIpc) is 2.63. The largest absolute Gasteiger partial charge is 0.416 e. The van der Waals surface area contributed by atoms with Gasteiger partial charge in [-0.05, 0) is 42.8 Å². The first-order chi connectivity index (χ1) is 12.8. The quantitative estimate of drug-likeness (QED) is 0.594. The number of rotatable bonds is 2. The number of benzene rings is 2. The summed E-state index contributed by atoms with van der Waals surface area (Å²) in [6, 6.07) is 7.65. The predicted molar refractivity (Wildman–Crippen MR) is 99.0 cm³/mol. The number of anilines is 1. The summed E-state index contributed by atoms with van der Waals surface area (Å²) in [6.07, 6.45) is -3.82. The Hall–Kier alpha value is -2.06. The Labute approximate surface area is 162 Å². The lowest BCUT2D eigenvalue weighted by molar-refractivity contribution is -0.137. The summed E-state index contributed by atoms with van der Waals surface area (Å²) in [4.78, 5) is 18.3. The van der Waals surface area contributed by atoms with Crippen molar-refractivity contribution in [3.8, 4) is 0 Å². The molecular weight excluding hydrogens is 404 g/mol. The molecule has 1 amide bonds. The second kappa shape index (κ2) is 7.90. The van der Waals surface area contributed by atoms with Crippen LogP contribution in [0.25, 0.3) is 0 Å². The maximum absolute atomic E-state index is 13.6. The van der Waals surface area contributed by atoms with E-state index in [1.807, 2.05) is 0 Å². The van der Waals surface area contributed by atoms with Crippen LogP contribution in [0.15, 0.2) is 47.5 Å². The molecule has 2 aromatic rings. The summed E-state index contributed by atoms with van der Waals surface area (Å²) in [5, 5.41) is 0.193. The molecule has 1 heterocycles. The zero-order valence-electron chi connectivity index (χ0n) is 13.8. The summed E-state index contributed by atoms with van der Waals surface area (Å²) < 4.78 is 53.0. The van der Waals surface area contributed by atoms with E-state index < -0.39 is 23.5 Å². The van der Waals surface area contributed by atoms with Gasteiger partial charge in [0, 0.05) is 17.9 Å². The number of aliphatic imine (C=N–C) groups is 1. The molecule has 0 spiro atoms. The van der Waals surface area contributed by atoms with Crippen LogP contribution in [0.5, 0.6) is 0 Å². The summed E-state index contributed by atoms with van der Waals surface area (Å²) in [7, 11) is 0. The molecular formula is C18H13ClF4N2OS. The summed E-state index contributed by atoms with van der Waals surface area (Å²) in [6.45, 7) is 0.436. The highest BCUT2D eigenvalue weighted by Crippen LogP contribution is 2.37. The van der Waals surface area contributed by atoms with Crippen LogP contribution >= 0.6 is 23.4 Å². The van der Waals surface area contributed by atoms with E-state index in [0.29, 0.717) is 12.3 Å². The van der Waals surface area contributed by atoms with Gasteiger partial charge in [-0.2, -0.15) is 13.2 Å². The molecule has 1 aliphatic rings. The first-order valence-corrected chi connectivity index (χ1v) is 9.28. The van der Waals surface area contributed by atoms with E-state index in [-0.39, 0.29) is 21.4 Å². The second-order valence-corrected chi connectivity index (χ2v) is 7.15. The topological polar surface area (TPSA) is 32.7 Å². The lowest BCUT2D eigenvalue weighted by Crippen LogP contribution is -2.37. The van der Waals surface area contributed by atoms with E-state index in [1.165, 1.54) is 30.0 Å². The van der Waals surface area contributed by atoms with E-state index in [2.05, 4.69) is 4.99 Å². The SMILES string of the molecule is O=C(c1cccc(F)c1)N(C1=NCCCS1)c1cc(C(F)(F)F)ccc1Cl. The number of amides is 1. The van der Waals surface area contributed by atoms with E-state index in [4.69, 9.17) is 11.6 Å². The fourth-order valence-corrected chi connectivity index (χ4v) is 3.64. The molecule has 9 heteroatoms. The summed E-state index contributed by atoms with van der Waals surface area (Å²) in [5.41, 5.74) is -1.10. The van der Waals surface area contributed by atoms with Crippen LogP contribution in [-0.4, -0.2) is 23.4 Å². The molecule has 27 heavy (non-hydrogen) atoms. The Bertz CT molecular complexity index is 901. The second-order valence-electron chi connectivity index (χ2n) is 5.68. The smallest absolute Gasteiger partial charge is 0.268 e. The molecule has 2 aromatic carbocycles. The van der Waals surface area contributed by atoms with Gasteiger partial charge in [0.05, 0.1) is 16.3 Å². The van der Waals surface area contributed by atoms with Gasteiger partial charge in [0.1, 0.15) is 5.82 Å². The molecule has 0 radical (unpaired) electrons. The zero-order chi connectivity index (χ0) is 19.6. The fourth-order valence-electron chi connectivity index (χ4n) is 2.49. The molecule has 142 valence electrons. The van der Waals surface area contributed by atoms with Gasteiger partial charge in [0.15, 0.2) is 5.17 Å². The Morgan fingerprint density at radius 1 is 1.19 bits per heavy atom. The van der Waals surface area contributed by atoms with Crippen molar-refractivity contribution in [2.45, 2.75) is 12.6 Å². The van der Waals surface area contributed by atoms with Crippen LogP contribution in [0.4, 0.5) is 23.2 Å². The van der Waals surface area contributed by atoms with Gasteiger partial charge in [0.25, 0.3) is 5.91 Å². The third kappa shape index (κ3) is 4.44. The molecule has 0 saturated carbocycles. The van der Waals surface area contributed by atoms with Crippen LogP contribution in [0.2, 0.25) is 5.02 Å². The van der Waals surface area contributed by atoms with Gasteiger partial charge in [0.2, 0.25) is 0 Å². The van der Waals surface area contributed by atoms with E-state index in [1.54, 1.807) is 0 Å². The minimum absolute atomic E-state index is 0.0163. The number of thioether (sulfide) groups is 1. The monoisotopic (exact) mass is 416 g/mol. The summed E-state index contributed by atoms with van der Waals surface area (Å²) >= 11 is 7.36. The highest BCUT2D eigenvalue weighted by Gasteiger charge is 2.34. The normalized spacial score (nSPS) is 14.6. The number of hydrogen-bond donors (Lipinski definition) is 0. The molecule has 0 aromatic heterocycles. The molecule has 0 saturated heterocycles. The van der Waals surface area contributed by atoms with Crippen molar-refractivity contribution in [3.05, 3.63) is 64.4 Å². The van der Waals surface area contributed by atoms with E-state index in [9.17, 15) is 22.4 Å². The maximum Gasteiger partial charge on any atom is 0.416 e. The molecule has 1 aliphatic heterocycles. The molecule has 0 unspecified atom stereocenters. The van der Waals surface area contributed by atoms with Gasteiger partial charge in [-0.3, -0.25) is 14.7 Å². The molecule has 0 N–H and O–H groups in total. The lowest BCUT2D eigenvalue weighted by Gasteiger charge is -2.27. The molecule has 3 rings (SSSR count). The van der Waals surface area contributed by atoms with E-state index in [0.717, 1.165) is 35.6 Å². The Balaban J connectivity index is 2.13. The van der Waals surface area contributed by atoms with Gasteiger partial charge in [-0.1, -0.05) is 29.4 Å². The highest BCUT2D eigenvalue weighted by molar-refractivity contribution is 8.14. The number of carbonyl (C=O) groups is 1. The Morgan fingerprint density at radius 2 is 1.96 bits per heavy atom. The van der Waals surface area contributed by atoms with Crippen LogP contribution < -0.4 is 4.90 Å². The van der Waals surface area contributed by atoms with Crippen molar-refractivity contribution < 1.29 is 22.4 Å². The minimum atomic E-state index is -4.60. The Kier molecular flexibility index (Phi) is 5.76. The van der Waals surface area contributed by atoms with Crippen molar-refractivity contribution in [2.24, 2.45) is 4.99 Å². The number of halogens is 5. The third-order valence-electron chi connectivity index (χ3n) is 3.76.